The molecule has 1 heterocycles. The number of aliphatic imine (C=N–C) groups is 1. The zero-order chi connectivity index (χ0) is 15.6. The Morgan fingerprint density at radius 3 is 2.48 bits per heavy atom. The number of hydrogen-bond donors (Lipinski definition) is 1. The normalized spacial score (nSPS) is 11.5. The molecule has 112 valence electrons. The van der Waals surface area contributed by atoms with Crippen LogP contribution in [0.2, 0.25) is 0 Å². The third-order valence-corrected chi connectivity index (χ3v) is 3.97. The van der Waals surface area contributed by atoms with E-state index in [0.717, 1.165) is 28.0 Å². The van der Waals surface area contributed by atoms with Crippen molar-refractivity contribution in [2.75, 3.05) is 7.11 Å². The average Bonchev–Trinajstić information content (AvgIpc) is 2.98. The SMILES string of the molecule is COc1ccc(C=Nc2ccc3[nH]c4ccccc4c3c2)cc1. The van der Waals surface area contributed by atoms with Crippen molar-refractivity contribution in [3.8, 4) is 5.75 Å². The van der Waals surface area contributed by atoms with Crippen molar-refractivity contribution >= 4 is 33.7 Å². The molecule has 3 heteroatoms. The molecule has 0 saturated heterocycles. The summed E-state index contributed by atoms with van der Waals surface area (Å²) >= 11 is 0. The minimum absolute atomic E-state index is 0.849. The maximum atomic E-state index is 5.16. The number of nitrogens with zero attached hydrogens (tertiary/aromatic N) is 1. The van der Waals surface area contributed by atoms with Gasteiger partial charge in [-0.2, -0.15) is 0 Å². The Balaban J connectivity index is 1.70. The van der Waals surface area contributed by atoms with Crippen LogP contribution in [0, 0.1) is 0 Å². The summed E-state index contributed by atoms with van der Waals surface area (Å²) in [4.78, 5) is 8.01. The van der Waals surface area contributed by atoms with Gasteiger partial charge < -0.3 is 9.72 Å². The van der Waals surface area contributed by atoms with Crippen LogP contribution in [-0.4, -0.2) is 18.3 Å². The van der Waals surface area contributed by atoms with Crippen molar-refractivity contribution in [2.45, 2.75) is 0 Å². The van der Waals surface area contributed by atoms with E-state index in [9.17, 15) is 0 Å². The Labute approximate surface area is 134 Å². The molecule has 4 rings (SSSR count). The number of hydrogen-bond acceptors (Lipinski definition) is 2. The number of aromatic nitrogens is 1. The monoisotopic (exact) mass is 300 g/mol. The number of rotatable bonds is 3. The van der Waals surface area contributed by atoms with E-state index in [2.05, 4.69) is 40.3 Å². The van der Waals surface area contributed by atoms with Crippen LogP contribution in [0.4, 0.5) is 5.69 Å². The van der Waals surface area contributed by atoms with E-state index in [4.69, 9.17) is 4.74 Å². The molecule has 3 aromatic carbocycles. The maximum absolute atomic E-state index is 5.16. The van der Waals surface area contributed by atoms with Gasteiger partial charge in [-0.3, -0.25) is 4.99 Å². The lowest BCUT2D eigenvalue weighted by molar-refractivity contribution is 0.415. The van der Waals surface area contributed by atoms with Crippen molar-refractivity contribution in [3.63, 3.8) is 0 Å². The number of aromatic amines is 1. The number of para-hydroxylation sites is 1. The van der Waals surface area contributed by atoms with E-state index in [1.54, 1.807) is 7.11 Å². The Bertz CT molecular complexity index is 997. The van der Waals surface area contributed by atoms with Gasteiger partial charge in [0.15, 0.2) is 0 Å². The molecule has 0 aliphatic rings. The highest BCUT2D eigenvalue weighted by Crippen LogP contribution is 2.28. The highest BCUT2D eigenvalue weighted by molar-refractivity contribution is 6.08. The molecule has 0 spiro atoms. The fraction of sp³-hybridized carbons (Fsp3) is 0.0500. The van der Waals surface area contributed by atoms with Crippen LogP contribution in [0.15, 0.2) is 71.7 Å². The summed E-state index contributed by atoms with van der Waals surface area (Å²) in [6.07, 6.45) is 1.87. The van der Waals surface area contributed by atoms with Crippen LogP contribution >= 0.6 is 0 Å². The van der Waals surface area contributed by atoms with Crippen LogP contribution in [0.1, 0.15) is 5.56 Å². The smallest absolute Gasteiger partial charge is 0.118 e. The van der Waals surface area contributed by atoms with Crippen molar-refractivity contribution in [1.29, 1.82) is 0 Å². The average molecular weight is 300 g/mol. The summed E-state index contributed by atoms with van der Waals surface area (Å²) < 4.78 is 5.16. The second kappa shape index (κ2) is 5.61. The molecule has 0 aliphatic carbocycles. The van der Waals surface area contributed by atoms with Gasteiger partial charge in [0.1, 0.15) is 5.75 Å². The summed E-state index contributed by atoms with van der Waals surface area (Å²) in [5.41, 5.74) is 4.27. The van der Waals surface area contributed by atoms with Gasteiger partial charge in [0.25, 0.3) is 0 Å². The lowest BCUT2D eigenvalue weighted by Crippen LogP contribution is -1.84. The van der Waals surface area contributed by atoms with E-state index < -0.39 is 0 Å². The fourth-order valence-electron chi connectivity index (χ4n) is 2.76. The third kappa shape index (κ3) is 2.57. The quantitative estimate of drug-likeness (QED) is 0.526. The number of H-pyrrole nitrogens is 1. The molecular weight excluding hydrogens is 284 g/mol. The second-order valence-electron chi connectivity index (χ2n) is 5.43. The molecule has 3 nitrogen and oxygen atoms in total. The van der Waals surface area contributed by atoms with Crippen LogP contribution in [0.25, 0.3) is 21.8 Å². The zero-order valence-corrected chi connectivity index (χ0v) is 12.8. The molecule has 4 aromatic rings. The third-order valence-electron chi connectivity index (χ3n) is 3.97. The molecule has 0 aliphatic heterocycles. The Kier molecular flexibility index (Phi) is 3.31. The number of fused-ring (bicyclic) bond motifs is 3. The minimum atomic E-state index is 0.849. The molecule has 0 fully saturated rings. The van der Waals surface area contributed by atoms with E-state index >= 15 is 0 Å². The van der Waals surface area contributed by atoms with Crippen molar-refractivity contribution < 1.29 is 4.74 Å². The first-order valence-electron chi connectivity index (χ1n) is 7.52. The lowest BCUT2D eigenvalue weighted by Gasteiger charge is -1.99. The maximum Gasteiger partial charge on any atom is 0.118 e. The molecular formula is C20H16N2O. The molecule has 1 N–H and O–H groups in total. The molecule has 23 heavy (non-hydrogen) atoms. The molecule has 0 bridgehead atoms. The number of benzene rings is 3. The van der Waals surface area contributed by atoms with Crippen LogP contribution < -0.4 is 4.74 Å². The molecule has 0 atom stereocenters. The van der Waals surface area contributed by atoms with Crippen LogP contribution in [0.5, 0.6) is 5.75 Å². The van der Waals surface area contributed by atoms with Crippen LogP contribution in [0.3, 0.4) is 0 Å². The molecule has 0 unspecified atom stereocenters. The van der Waals surface area contributed by atoms with E-state index in [1.807, 2.05) is 42.6 Å². The predicted molar refractivity (Wildman–Crippen MR) is 96.1 cm³/mol. The van der Waals surface area contributed by atoms with Crippen LogP contribution in [-0.2, 0) is 0 Å². The summed E-state index contributed by atoms with van der Waals surface area (Å²) in [7, 11) is 1.67. The van der Waals surface area contributed by atoms with Gasteiger partial charge in [0.2, 0.25) is 0 Å². The molecule has 0 amide bonds. The summed E-state index contributed by atoms with van der Waals surface area (Å²) in [6, 6.07) is 22.4. The summed E-state index contributed by atoms with van der Waals surface area (Å²) in [5, 5.41) is 2.42. The van der Waals surface area contributed by atoms with E-state index in [1.165, 1.54) is 10.8 Å². The van der Waals surface area contributed by atoms with Crippen molar-refractivity contribution in [2.24, 2.45) is 4.99 Å². The van der Waals surface area contributed by atoms with Gasteiger partial charge in [-0.1, -0.05) is 18.2 Å². The summed E-state index contributed by atoms with van der Waals surface area (Å²) in [5.74, 6) is 0.849. The topological polar surface area (TPSA) is 37.4 Å². The first-order chi connectivity index (χ1) is 11.3. The zero-order valence-electron chi connectivity index (χ0n) is 12.8. The predicted octanol–water partition coefficient (Wildman–Crippen LogP) is 5.08. The van der Waals surface area contributed by atoms with Crippen molar-refractivity contribution in [3.05, 3.63) is 72.3 Å². The largest absolute Gasteiger partial charge is 0.497 e. The van der Waals surface area contributed by atoms with Gasteiger partial charge in [-0.15, -0.1) is 0 Å². The number of nitrogens with one attached hydrogen (secondary N) is 1. The highest BCUT2D eigenvalue weighted by atomic mass is 16.5. The number of methoxy groups -OCH3 is 1. The highest BCUT2D eigenvalue weighted by Gasteiger charge is 2.03. The fourth-order valence-corrected chi connectivity index (χ4v) is 2.76. The first-order valence-corrected chi connectivity index (χ1v) is 7.52. The minimum Gasteiger partial charge on any atom is -0.497 e. The van der Waals surface area contributed by atoms with Gasteiger partial charge in [-0.25, -0.2) is 0 Å². The lowest BCUT2D eigenvalue weighted by atomic mass is 10.1. The Hall–Kier alpha value is -3.07. The van der Waals surface area contributed by atoms with Gasteiger partial charge in [-0.05, 0) is 54.1 Å². The molecule has 0 saturated carbocycles. The van der Waals surface area contributed by atoms with E-state index in [-0.39, 0.29) is 0 Å². The first kappa shape index (κ1) is 13.6. The standard InChI is InChI=1S/C20H16N2O/c1-23-16-9-6-14(7-10-16)13-21-15-8-11-20-18(12-15)17-4-2-3-5-19(17)22-20/h2-13,22H,1H3. The molecule has 1 aromatic heterocycles. The summed E-state index contributed by atoms with van der Waals surface area (Å²) in [6.45, 7) is 0. The van der Waals surface area contributed by atoms with Gasteiger partial charge in [0, 0.05) is 28.0 Å². The van der Waals surface area contributed by atoms with Gasteiger partial charge in [0.05, 0.1) is 12.8 Å². The number of ether oxygens (including phenoxy) is 1. The van der Waals surface area contributed by atoms with Crippen molar-refractivity contribution in [1.82, 2.24) is 4.98 Å². The second-order valence-corrected chi connectivity index (χ2v) is 5.43. The Morgan fingerprint density at radius 1 is 0.870 bits per heavy atom. The van der Waals surface area contributed by atoms with Gasteiger partial charge >= 0.3 is 0 Å². The van der Waals surface area contributed by atoms with E-state index in [0.29, 0.717) is 0 Å². The molecule has 0 radical (unpaired) electrons. The Morgan fingerprint density at radius 2 is 1.65 bits per heavy atom.